The van der Waals surface area contributed by atoms with E-state index >= 15 is 0 Å². The van der Waals surface area contributed by atoms with Gasteiger partial charge in [-0.3, -0.25) is 4.57 Å². The number of nitrogen functional groups attached to an aromatic ring is 1. The number of aromatic nitrogens is 3. The maximum Gasteiger partial charge on any atom is 0.202 e. The molecule has 2 aromatic heterocycles. The van der Waals surface area contributed by atoms with E-state index in [2.05, 4.69) is 9.97 Å². The van der Waals surface area contributed by atoms with Gasteiger partial charge in [0.15, 0.2) is 5.65 Å². The van der Waals surface area contributed by atoms with Gasteiger partial charge in [-0.25, -0.2) is 9.97 Å². The number of anilines is 1. The van der Waals surface area contributed by atoms with Crippen molar-refractivity contribution in [3.63, 3.8) is 0 Å². The van der Waals surface area contributed by atoms with Crippen molar-refractivity contribution in [2.24, 2.45) is 5.92 Å². The van der Waals surface area contributed by atoms with E-state index in [9.17, 15) is 0 Å². The zero-order chi connectivity index (χ0) is 11.0. The van der Waals surface area contributed by atoms with Crippen molar-refractivity contribution in [2.75, 3.05) is 5.73 Å². The summed E-state index contributed by atoms with van der Waals surface area (Å²) in [6.45, 7) is 0.948. The van der Waals surface area contributed by atoms with Gasteiger partial charge in [-0.05, 0) is 24.5 Å². The van der Waals surface area contributed by atoms with Crippen LogP contribution in [0.2, 0.25) is 0 Å². The van der Waals surface area contributed by atoms with Crippen molar-refractivity contribution < 1.29 is 0 Å². The van der Waals surface area contributed by atoms with Crippen LogP contribution in [0, 0.1) is 5.92 Å². The number of hydrogen-bond donors (Lipinski definition) is 1. The highest BCUT2D eigenvalue weighted by atomic mass is 15.2. The first-order valence-electron chi connectivity index (χ1n) is 5.91. The van der Waals surface area contributed by atoms with Crippen molar-refractivity contribution >= 4 is 17.1 Å². The van der Waals surface area contributed by atoms with E-state index in [1.54, 1.807) is 6.20 Å². The predicted molar refractivity (Wildman–Crippen MR) is 63.9 cm³/mol. The predicted octanol–water partition coefficient (Wildman–Crippen LogP) is 2.20. The van der Waals surface area contributed by atoms with Crippen LogP contribution in [0.15, 0.2) is 18.3 Å². The van der Waals surface area contributed by atoms with Crippen molar-refractivity contribution in [3.8, 4) is 0 Å². The molecule has 4 nitrogen and oxygen atoms in total. The Morgan fingerprint density at radius 2 is 2.31 bits per heavy atom. The monoisotopic (exact) mass is 216 g/mol. The Morgan fingerprint density at radius 3 is 3.06 bits per heavy atom. The molecule has 4 heteroatoms. The summed E-state index contributed by atoms with van der Waals surface area (Å²) >= 11 is 0. The molecule has 0 aromatic carbocycles. The topological polar surface area (TPSA) is 56.7 Å². The molecule has 0 radical (unpaired) electrons. The van der Waals surface area contributed by atoms with Crippen LogP contribution in [0.1, 0.15) is 25.7 Å². The van der Waals surface area contributed by atoms with Gasteiger partial charge >= 0.3 is 0 Å². The van der Waals surface area contributed by atoms with E-state index < -0.39 is 0 Å². The third kappa shape index (κ3) is 1.54. The van der Waals surface area contributed by atoms with Gasteiger partial charge in [0.25, 0.3) is 0 Å². The Balaban J connectivity index is 1.86. The molecule has 84 valence electrons. The number of rotatable bonds is 3. The molecule has 2 heterocycles. The van der Waals surface area contributed by atoms with Gasteiger partial charge in [0, 0.05) is 12.7 Å². The fourth-order valence-corrected chi connectivity index (χ4v) is 2.29. The largest absolute Gasteiger partial charge is 0.369 e. The Kier molecular flexibility index (Phi) is 2.27. The van der Waals surface area contributed by atoms with E-state index in [1.165, 1.54) is 25.7 Å². The third-order valence-corrected chi connectivity index (χ3v) is 3.52. The van der Waals surface area contributed by atoms with Gasteiger partial charge in [-0.2, -0.15) is 0 Å². The van der Waals surface area contributed by atoms with Crippen LogP contribution in [0.3, 0.4) is 0 Å². The third-order valence-electron chi connectivity index (χ3n) is 3.52. The van der Waals surface area contributed by atoms with Gasteiger partial charge in [-0.15, -0.1) is 0 Å². The van der Waals surface area contributed by atoms with Gasteiger partial charge in [0.05, 0.1) is 0 Å². The van der Waals surface area contributed by atoms with E-state index in [1.807, 2.05) is 16.7 Å². The molecular weight excluding hydrogens is 200 g/mol. The second-order valence-electron chi connectivity index (χ2n) is 4.55. The highest BCUT2D eigenvalue weighted by Gasteiger charge is 2.18. The van der Waals surface area contributed by atoms with Crippen molar-refractivity contribution in [1.29, 1.82) is 0 Å². The molecule has 2 aromatic rings. The summed E-state index contributed by atoms with van der Waals surface area (Å²) in [4.78, 5) is 8.66. The SMILES string of the molecule is Nc1nc2cccnc2n1CCC1CCC1. The maximum absolute atomic E-state index is 5.91. The first kappa shape index (κ1) is 9.63. The minimum Gasteiger partial charge on any atom is -0.369 e. The molecule has 0 aliphatic heterocycles. The molecule has 0 unspecified atom stereocenters. The van der Waals surface area contributed by atoms with E-state index in [-0.39, 0.29) is 0 Å². The Hall–Kier alpha value is -1.58. The molecule has 16 heavy (non-hydrogen) atoms. The maximum atomic E-state index is 5.91. The van der Waals surface area contributed by atoms with Crippen molar-refractivity contribution in [2.45, 2.75) is 32.2 Å². The fourth-order valence-electron chi connectivity index (χ4n) is 2.29. The summed E-state index contributed by atoms with van der Waals surface area (Å²) in [7, 11) is 0. The minimum absolute atomic E-state index is 0.591. The normalized spacial score (nSPS) is 16.5. The highest BCUT2D eigenvalue weighted by molar-refractivity contribution is 5.73. The summed E-state index contributed by atoms with van der Waals surface area (Å²) in [6.07, 6.45) is 7.14. The van der Waals surface area contributed by atoms with Gasteiger partial charge in [0.2, 0.25) is 5.95 Å². The van der Waals surface area contributed by atoms with Crippen LogP contribution in [0.5, 0.6) is 0 Å². The molecule has 2 N–H and O–H groups in total. The smallest absolute Gasteiger partial charge is 0.202 e. The van der Waals surface area contributed by atoms with Gasteiger partial charge in [0.1, 0.15) is 5.52 Å². The van der Waals surface area contributed by atoms with E-state index in [4.69, 9.17) is 5.73 Å². The molecule has 0 amide bonds. The van der Waals surface area contributed by atoms with Crippen LogP contribution in [-0.2, 0) is 6.54 Å². The summed E-state index contributed by atoms with van der Waals surface area (Å²) in [5.41, 5.74) is 7.72. The molecule has 1 fully saturated rings. The molecule has 1 aliphatic carbocycles. The minimum atomic E-state index is 0.591. The highest BCUT2D eigenvalue weighted by Crippen LogP contribution is 2.30. The quantitative estimate of drug-likeness (QED) is 0.855. The van der Waals surface area contributed by atoms with Crippen molar-refractivity contribution in [3.05, 3.63) is 18.3 Å². The lowest BCUT2D eigenvalue weighted by Crippen LogP contribution is -2.14. The van der Waals surface area contributed by atoms with Crippen LogP contribution >= 0.6 is 0 Å². The first-order valence-corrected chi connectivity index (χ1v) is 5.91. The standard InChI is InChI=1S/C12H16N4/c13-12-15-10-5-2-7-14-11(10)16(12)8-6-9-3-1-4-9/h2,5,7,9H,1,3-4,6,8H2,(H2,13,15). The molecular formula is C12H16N4. The number of hydrogen-bond acceptors (Lipinski definition) is 3. The van der Waals surface area contributed by atoms with Crippen molar-refractivity contribution in [1.82, 2.24) is 14.5 Å². The molecule has 1 aliphatic rings. The Bertz CT molecular complexity index is 499. The zero-order valence-corrected chi connectivity index (χ0v) is 9.26. The number of fused-ring (bicyclic) bond motifs is 1. The summed E-state index contributed by atoms with van der Waals surface area (Å²) in [5.74, 6) is 1.48. The van der Waals surface area contributed by atoms with E-state index in [0.717, 1.165) is 23.6 Å². The zero-order valence-electron chi connectivity index (χ0n) is 9.26. The molecule has 0 spiro atoms. The number of nitrogens with two attached hydrogens (primary N) is 1. The van der Waals surface area contributed by atoms with Crippen LogP contribution in [0.25, 0.3) is 11.2 Å². The lowest BCUT2D eigenvalue weighted by Gasteiger charge is -2.25. The molecule has 0 bridgehead atoms. The van der Waals surface area contributed by atoms with Gasteiger partial charge in [-0.1, -0.05) is 19.3 Å². The number of aryl methyl sites for hydroxylation is 1. The number of nitrogens with zero attached hydrogens (tertiary/aromatic N) is 3. The summed E-state index contributed by atoms with van der Waals surface area (Å²) < 4.78 is 2.04. The molecule has 0 atom stereocenters. The summed E-state index contributed by atoms with van der Waals surface area (Å²) in [5, 5.41) is 0. The van der Waals surface area contributed by atoms with Crippen LogP contribution in [-0.4, -0.2) is 14.5 Å². The molecule has 3 rings (SSSR count). The second-order valence-corrected chi connectivity index (χ2v) is 4.55. The van der Waals surface area contributed by atoms with Crippen LogP contribution in [0.4, 0.5) is 5.95 Å². The average molecular weight is 216 g/mol. The average Bonchev–Trinajstić information content (AvgIpc) is 2.53. The van der Waals surface area contributed by atoms with E-state index in [0.29, 0.717) is 5.95 Å². The van der Waals surface area contributed by atoms with Gasteiger partial charge < -0.3 is 5.73 Å². The summed E-state index contributed by atoms with van der Waals surface area (Å²) in [6, 6.07) is 3.85. The first-order chi connectivity index (χ1) is 7.84. The van der Waals surface area contributed by atoms with Crippen LogP contribution < -0.4 is 5.73 Å². The fraction of sp³-hybridized carbons (Fsp3) is 0.500. The lowest BCUT2D eigenvalue weighted by molar-refractivity contribution is 0.284. The lowest BCUT2D eigenvalue weighted by atomic mass is 9.83. The Morgan fingerprint density at radius 1 is 1.44 bits per heavy atom. The number of pyridine rings is 1. The number of imidazole rings is 1. The second kappa shape index (κ2) is 3.77. The molecule has 1 saturated carbocycles. The Labute approximate surface area is 94.5 Å². The molecule has 0 saturated heterocycles.